The lowest BCUT2D eigenvalue weighted by molar-refractivity contribution is -0.137. The Labute approximate surface area is 178 Å². The van der Waals surface area contributed by atoms with E-state index in [2.05, 4.69) is 25.6 Å². The van der Waals surface area contributed by atoms with Gasteiger partial charge in [-0.05, 0) is 49.8 Å². The fourth-order valence-electron chi connectivity index (χ4n) is 3.64. The molecule has 0 aliphatic rings. The number of carboxylic acid groups (broad SMARTS) is 1. The zero-order chi connectivity index (χ0) is 21.2. The summed E-state index contributed by atoms with van der Waals surface area (Å²) in [5.74, 6) is 0.279. The van der Waals surface area contributed by atoms with E-state index in [9.17, 15) is 4.79 Å². The van der Waals surface area contributed by atoms with Gasteiger partial charge in [0.15, 0.2) is 0 Å². The summed E-state index contributed by atoms with van der Waals surface area (Å²) in [6.45, 7) is 6.07. The summed E-state index contributed by atoms with van der Waals surface area (Å²) in [4.78, 5) is 10.5. The zero-order valence-electron chi connectivity index (χ0n) is 18.5. The van der Waals surface area contributed by atoms with Gasteiger partial charge in [0.1, 0.15) is 5.75 Å². The zero-order valence-corrected chi connectivity index (χ0v) is 18.5. The third kappa shape index (κ3) is 13.9. The van der Waals surface area contributed by atoms with Gasteiger partial charge in [-0.2, -0.15) is 0 Å². The maximum absolute atomic E-state index is 10.5. The van der Waals surface area contributed by atoms with Crippen molar-refractivity contribution in [1.82, 2.24) is 0 Å². The van der Waals surface area contributed by atoms with E-state index < -0.39 is 5.97 Å². The van der Waals surface area contributed by atoms with Crippen LogP contribution in [0.4, 0.5) is 0 Å². The first-order valence-corrected chi connectivity index (χ1v) is 11.8. The molecule has 0 aromatic heterocycles. The number of unbranched alkanes of at least 4 members (excludes halogenated alkanes) is 10. The number of ether oxygens (including phenoxy) is 1. The van der Waals surface area contributed by atoms with Gasteiger partial charge in [0, 0.05) is 6.42 Å². The molecule has 1 aromatic rings. The lowest BCUT2D eigenvalue weighted by atomic mass is 10.0. The predicted molar refractivity (Wildman–Crippen MR) is 124 cm³/mol. The Morgan fingerprint density at radius 1 is 0.897 bits per heavy atom. The van der Waals surface area contributed by atoms with Gasteiger partial charge in [0.25, 0.3) is 0 Å². The SMILES string of the molecule is C=Cc1ccc(OC(CCCCCCCC)CCCCCCCCC(=O)O)cc1. The van der Waals surface area contributed by atoms with Gasteiger partial charge in [-0.25, -0.2) is 0 Å². The van der Waals surface area contributed by atoms with Crippen LogP contribution in [0.25, 0.3) is 6.08 Å². The van der Waals surface area contributed by atoms with Crippen molar-refractivity contribution in [2.45, 2.75) is 109 Å². The third-order valence-electron chi connectivity index (χ3n) is 5.46. The second-order valence-electron chi connectivity index (χ2n) is 8.12. The summed E-state index contributed by atoms with van der Waals surface area (Å²) in [5.41, 5.74) is 1.12. The summed E-state index contributed by atoms with van der Waals surface area (Å²) in [5, 5.41) is 8.68. The van der Waals surface area contributed by atoms with Gasteiger partial charge in [0.05, 0.1) is 6.10 Å². The van der Waals surface area contributed by atoms with E-state index >= 15 is 0 Å². The number of hydrogen-bond acceptors (Lipinski definition) is 2. The second kappa shape index (κ2) is 17.1. The fourth-order valence-corrected chi connectivity index (χ4v) is 3.64. The molecule has 0 spiro atoms. The molecule has 1 atom stereocenters. The molecule has 1 N–H and O–H groups in total. The van der Waals surface area contributed by atoms with E-state index in [1.807, 2.05) is 18.2 Å². The largest absolute Gasteiger partial charge is 0.490 e. The Morgan fingerprint density at radius 3 is 1.93 bits per heavy atom. The molecule has 1 aromatic carbocycles. The number of hydrogen-bond donors (Lipinski definition) is 1. The summed E-state index contributed by atoms with van der Waals surface area (Å²) in [6, 6.07) is 8.21. The van der Waals surface area contributed by atoms with E-state index in [0.717, 1.165) is 43.4 Å². The van der Waals surface area contributed by atoms with Crippen molar-refractivity contribution < 1.29 is 14.6 Å². The van der Waals surface area contributed by atoms with E-state index in [4.69, 9.17) is 9.84 Å². The summed E-state index contributed by atoms with van der Waals surface area (Å²) < 4.78 is 6.31. The summed E-state index contributed by atoms with van der Waals surface area (Å²) in [7, 11) is 0. The van der Waals surface area contributed by atoms with Crippen LogP contribution in [0.2, 0.25) is 0 Å². The van der Waals surface area contributed by atoms with Crippen LogP contribution in [0.15, 0.2) is 30.8 Å². The number of aliphatic carboxylic acids is 1. The normalized spacial score (nSPS) is 11.9. The average molecular weight is 403 g/mol. The van der Waals surface area contributed by atoms with Crippen molar-refractivity contribution in [2.24, 2.45) is 0 Å². The van der Waals surface area contributed by atoms with Crippen LogP contribution in [0.3, 0.4) is 0 Å². The first kappa shape index (κ1) is 25.3. The minimum atomic E-state index is -0.680. The van der Waals surface area contributed by atoms with Gasteiger partial charge >= 0.3 is 5.97 Å². The van der Waals surface area contributed by atoms with Crippen molar-refractivity contribution in [1.29, 1.82) is 0 Å². The van der Waals surface area contributed by atoms with Gasteiger partial charge < -0.3 is 9.84 Å². The Hall–Kier alpha value is -1.77. The molecular weight excluding hydrogens is 360 g/mol. The quantitative estimate of drug-likeness (QED) is 0.238. The maximum atomic E-state index is 10.5. The van der Waals surface area contributed by atoms with Gasteiger partial charge in [0.2, 0.25) is 0 Å². The van der Waals surface area contributed by atoms with Crippen LogP contribution < -0.4 is 4.74 Å². The molecule has 0 aliphatic carbocycles. The highest BCUT2D eigenvalue weighted by molar-refractivity contribution is 5.66. The average Bonchev–Trinajstić information content (AvgIpc) is 2.72. The molecular formula is C26H42O3. The number of carbonyl (C=O) groups is 1. The maximum Gasteiger partial charge on any atom is 0.303 e. The van der Waals surface area contributed by atoms with Crippen LogP contribution in [-0.4, -0.2) is 17.2 Å². The van der Waals surface area contributed by atoms with Crippen LogP contribution in [0.1, 0.15) is 109 Å². The van der Waals surface area contributed by atoms with Crippen molar-refractivity contribution in [2.75, 3.05) is 0 Å². The molecule has 3 heteroatoms. The first-order chi connectivity index (χ1) is 14.2. The molecule has 29 heavy (non-hydrogen) atoms. The number of benzene rings is 1. The monoisotopic (exact) mass is 402 g/mol. The number of carboxylic acids is 1. The van der Waals surface area contributed by atoms with Crippen molar-refractivity contribution in [3.8, 4) is 5.75 Å². The highest BCUT2D eigenvalue weighted by Crippen LogP contribution is 2.21. The highest BCUT2D eigenvalue weighted by atomic mass is 16.5. The van der Waals surface area contributed by atoms with E-state index in [1.54, 1.807) is 0 Å². The minimum Gasteiger partial charge on any atom is -0.490 e. The standard InChI is InChI=1S/C26H42O3/c1-3-5-6-7-10-13-16-24(29-25-21-19-23(4-2)20-22-25)17-14-11-8-9-12-15-18-26(27)28/h4,19-22,24H,2-3,5-18H2,1H3,(H,27,28). The molecule has 3 nitrogen and oxygen atoms in total. The third-order valence-corrected chi connectivity index (χ3v) is 5.46. The molecule has 0 fully saturated rings. The van der Waals surface area contributed by atoms with E-state index in [0.29, 0.717) is 12.5 Å². The van der Waals surface area contributed by atoms with Crippen LogP contribution in [0, 0.1) is 0 Å². The molecule has 164 valence electrons. The van der Waals surface area contributed by atoms with Gasteiger partial charge in [-0.3, -0.25) is 4.79 Å². The van der Waals surface area contributed by atoms with Crippen molar-refractivity contribution >= 4 is 12.0 Å². The van der Waals surface area contributed by atoms with E-state index in [1.165, 1.54) is 57.8 Å². The second-order valence-corrected chi connectivity index (χ2v) is 8.12. The number of rotatable bonds is 19. The molecule has 0 saturated heterocycles. The molecule has 0 aliphatic heterocycles. The molecule has 0 radical (unpaired) electrons. The van der Waals surface area contributed by atoms with Crippen LogP contribution in [-0.2, 0) is 4.79 Å². The van der Waals surface area contributed by atoms with Gasteiger partial charge in [-0.1, -0.05) is 89.5 Å². The Kier molecular flexibility index (Phi) is 14.9. The Morgan fingerprint density at radius 2 is 1.41 bits per heavy atom. The molecule has 1 unspecified atom stereocenters. The van der Waals surface area contributed by atoms with Crippen molar-refractivity contribution in [3.05, 3.63) is 36.4 Å². The summed E-state index contributed by atoms with van der Waals surface area (Å²) in [6.07, 6.45) is 19.1. The lowest BCUT2D eigenvalue weighted by Gasteiger charge is -2.19. The van der Waals surface area contributed by atoms with E-state index in [-0.39, 0.29) is 0 Å². The molecule has 1 rings (SSSR count). The minimum absolute atomic E-state index is 0.294. The Bertz CT molecular complexity index is 535. The lowest BCUT2D eigenvalue weighted by Crippen LogP contribution is -2.16. The smallest absolute Gasteiger partial charge is 0.303 e. The first-order valence-electron chi connectivity index (χ1n) is 11.8. The fraction of sp³-hybridized carbons (Fsp3) is 0.654. The van der Waals surface area contributed by atoms with Gasteiger partial charge in [-0.15, -0.1) is 0 Å². The van der Waals surface area contributed by atoms with Crippen LogP contribution in [0.5, 0.6) is 5.75 Å². The topological polar surface area (TPSA) is 46.5 Å². The summed E-state index contributed by atoms with van der Waals surface area (Å²) >= 11 is 0. The molecule has 0 heterocycles. The highest BCUT2D eigenvalue weighted by Gasteiger charge is 2.11. The van der Waals surface area contributed by atoms with Crippen LogP contribution >= 0.6 is 0 Å². The molecule has 0 bridgehead atoms. The molecule has 0 amide bonds. The Balaban J connectivity index is 2.31. The predicted octanol–water partition coefficient (Wildman–Crippen LogP) is 8.03. The van der Waals surface area contributed by atoms with Crippen molar-refractivity contribution in [3.63, 3.8) is 0 Å². The molecule has 0 saturated carbocycles.